The van der Waals surface area contributed by atoms with Crippen LogP contribution in [0.5, 0.6) is 0 Å². The maximum Gasteiger partial charge on any atom is 0.420 e. The van der Waals surface area contributed by atoms with Gasteiger partial charge < -0.3 is 21.5 Å². The fraction of sp³-hybridized carbons (Fsp3) is 0.286. The molecule has 2 aromatic rings. The Morgan fingerprint density at radius 2 is 1.73 bits per heavy atom. The molecular weight excluding hydrogens is 446 g/mol. The minimum absolute atomic E-state index is 0.108. The number of hydrazone groups is 1. The van der Waals surface area contributed by atoms with Gasteiger partial charge in [-0.2, -0.15) is 18.3 Å². The molecule has 0 fully saturated rings. The molecule has 5 N–H and O–H groups in total. The molecule has 0 saturated carbocycles. The summed E-state index contributed by atoms with van der Waals surface area (Å²) in [4.78, 5) is 24.5. The third-order valence-electron chi connectivity index (χ3n) is 5.04. The van der Waals surface area contributed by atoms with Crippen molar-refractivity contribution in [3.05, 3.63) is 66.0 Å². The van der Waals surface area contributed by atoms with Gasteiger partial charge in [0.2, 0.25) is 5.91 Å². The van der Waals surface area contributed by atoms with Crippen LogP contribution in [0.1, 0.15) is 10.4 Å². The van der Waals surface area contributed by atoms with Crippen LogP contribution in [0.3, 0.4) is 0 Å². The molecule has 3 atom stereocenters. The molecule has 0 spiro atoms. The van der Waals surface area contributed by atoms with Crippen LogP contribution in [0.25, 0.3) is 0 Å². The summed E-state index contributed by atoms with van der Waals surface area (Å²) in [5.74, 6) is -3.47. The molecule has 176 valence electrons. The molecule has 2 aromatic carbocycles. The second-order valence-electron chi connectivity index (χ2n) is 7.40. The molecule has 1 aliphatic heterocycles. The van der Waals surface area contributed by atoms with E-state index in [1.165, 1.54) is 42.5 Å². The molecule has 1 aliphatic rings. The van der Waals surface area contributed by atoms with Gasteiger partial charge in [0, 0.05) is 11.8 Å². The van der Waals surface area contributed by atoms with Gasteiger partial charge in [-0.25, -0.2) is 9.40 Å². The highest BCUT2D eigenvalue weighted by Crippen LogP contribution is 2.30. The number of aliphatic hydroxyl groups is 1. The number of hydrogen-bond acceptors (Lipinski definition) is 6. The van der Waals surface area contributed by atoms with Crippen molar-refractivity contribution >= 4 is 23.7 Å². The van der Waals surface area contributed by atoms with Crippen LogP contribution in [-0.2, 0) is 4.79 Å². The Bertz CT molecular complexity index is 1030. The van der Waals surface area contributed by atoms with E-state index in [4.69, 9.17) is 5.73 Å². The zero-order valence-corrected chi connectivity index (χ0v) is 17.1. The van der Waals surface area contributed by atoms with E-state index < -0.39 is 54.6 Å². The van der Waals surface area contributed by atoms with Crippen molar-refractivity contribution in [3.63, 3.8) is 0 Å². The molecule has 1 heterocycles. The van der Waals surface area contributed by atoms with Gasteiger partial charge in [-0.15, -0.1) is 0 Å². The minimum atomic E-state index is -5.16. The Labute approximate surface area is 186 Å². The van der Waals surface area contributed by atoms with E-state index in [-0.39, 0.29) is 11.3 Å². The van der Waals surface area contributed by atoms with Crippen molar-refractivity contribution in [3.8, 4) is 0 Å². The lowest BCUT2D eigenvalue weighted by Crippen LogP contribution is -2.60. The summed E-state index contributed by atoms with van der Waals surface area (Å²) < 4.78 is 54.0. The Morgan fingerprint density at radius 3 is 2.36 bits per heavy atom. The van der Waals surface area contributed by atoms with Crippen LogP contribution in [0.2, 0.25) is 0 Å². The van der Waals surface area contributed by atoms with Crippen LogP contribution in [0, 0.1) is 11.7 Å². The van der Waals surface area contributed by atoms with E-state index in [9.17, 15) is 32.3 Å². The number of benzene rings is 2. The van der Waals surface area contributed by atoms with Gasteiger partial charge >= 0.3 is 6.18 Å². The predicted molar refractivity (Wildman–Crippen MR) is 112 cm³/mol. The molecule has 3 unspecified atom stereocenters. The van der Waals surface area contributed by atoms with Crippen LogP contribution in [-0.4, -0.2) is 54.2 Å². The van der Waals surface area contributed by atoms with Crippen LogP contribution < -0.4 is 21.4 Å². The summed E-state index contributed by atoms with van der Waals surface area (Å²) >= 11 is 0. The van der Waals surface area contributed by atoms with E-state index in [1.807, 2.05) is 10.6 Å². The second kappa shape index (κ2) is 9.55. The first-order valence-electron chi connectivity index (χ1n) is 9.76. The summed E-state index contributed by atoms with van der Waals surface area (Å²) in [6, 6.07) is 12.7. The molecule has 0 aliphatic carbocycles. The molecule has 8 nitrogen and oxygen atoms in total. The van der Waals surface area contributed by atoms with Crippen LogP contribution in [0.15, 0.2) is 59.7 Å². The van der Waals surface area contributed by atoms with E-state index in [2.05, 4.69) is 5.10 Å². The molecule has 0 radical (unpaired) electrons. The van der Waals surface area contributed by atoms with Crippen molar-refractivity contribution in [1.29, 1.82) is 0 Å². The first-order chi connectivity index (χ1) is 15.5. The Kier molecular flexibility index (Phi) is 6.98. The number of carbonyl (C=O) groups excluding carboxylic acids is 2. The number of nitrogens with one attached hydrogen (secondary N) is 2. The quantitative estimate of drug-likeness (QED) is 0.459. The van der Waals surface area contributed by atoms with Crippen molar-refractivity contribution < 1.29 is 32.3 Å². The Hall–Kier alpha value is -3.51. The topological polar surface area (TPSA) is 120 Å². The van der Waals surface area contributed by atoms with Gasteiger partial charge in [0.05, 0.1) is 18.8 Å². The molecule has 3 rings (SSSR count). The first-order valence-corrected chi connectivity index (χ1v) is 9.76. The number of hydrogen-bond donors (Lipinski definition) is 4. The summed E-state index contributed by atoms with van der Waals surface area (Å²) in [7, 11) is 0. The number of nitrogens with zero attached hydrogens (tertiary/aromatic N) is 2. The van der Waals surface area contributed by atoms with Gasteiger partial charge in [-0.05, 0) is 30.3 Å². The summed E-state index contributed by atoms with van der Waals surface area (Å²) in [6.45, 7) is -2.42. The SMILES string of the molecule is NC1C(C(=O)NCC(O)(CNC(=O)c2ccccc2)C(F)(F)F)C=NN1c1cccc(F)c1. The number of halogens is 4. The lowest BCUT2D eigenvalue weighted by atomic mass is 10.0. The van der Waals surface area contributed by atoms with Crippen molar-refractivity contribution in [2.45, 2.75) is 17.9 Å². The maximum absolute atomic E-state index is 13.5. The normalized spacial score (nSPS) is 19.8. The number of carbonyl (C=O) groups is 2. The van der Waals surface area contributed by atoms with Crippen LogP contribution >= 0.6 is 0 Å². The van der Waals surface area contributed by atoms with Gasteiger partial charge in [-0.1, -0.05) is 24.3 Å². The second-order valence-corrected chi connectivity index (χ2v) is 7.40. The van der Waals surface area contributed by atoms with Gasteiger partial charge in [-0.3, -0.25) is 9.59 Å². The monoisotopic (exact) mass is 467 g/mol. The van der Waals surface area contributed by atoms with Crippen molar-refractivity contribution in [2.24, 2.45) is 16.8 Å². The highest BCUT2D eigenvalue weighted by atomic mass is 19.4. The lowest BCUT2D eigenvalue weighted by molar-refractivity contribution is -0.254. The molecule has 12 heteroatoms. The molecular formula is C21H21F4N5O3. The standard InChI is InChI=1S/C21H21F4N5O3/c22-14-7-4-8-15(9-14)30-17(26)16(10-29-30)19(32)28-12-20(33,21(23,24)25)11-27-18(31)13-5-2-1-3-6-13/h1-10,16-17,33H,11-12,26H2,(H,27,31)(H,28,32). The highest BCUT2D eigenvalue weighted by Gasteiger charge is 2.54. The number of amides is 2. The van der Waals surface area contributed by atoms with Gasteiger partial charge in [0.1, 0.15) is 17.9 Å². The fourth-order valence-electron chi connectivity index (χ4n) is 3.07. The zero-order chi connectivity index (χ0) is 24.2. The smallest absolute Gasteiger partial charge is 0.378 e. The molecule has 0 aromatic heterocycles. The fourth-order valence-corrected chi connectivity index (χ4v) is 3.07. The third-order valence-corrected chi connectivity index (χ3v) is 5.04. The van der Waals surface area contributed by atoms with Crippen molar-refractivity contribution in [2.75, 3.05) is 18.1 Å². The molecule has 0 saturated heterocycles. The Balaban J connectivity index is 1.63. The predicted octanol–water partition coefficient (Wildman–Crippen LogP) is 1.37. The number of anilines is 1. The third kappa shape index (κ3) is 5.46. The number of rotatable bonds is 7. The van der Waals surface area contributed by atoms with E-state index in [0.717, 1.165) is 17.3 Å². The van der Waals surface area contributed by atoms with Gasteiger partial charge in [0.15, 0.2) is 5.60 Å². The van der Waals surface area contributed by atoms with Crippen LogP contribution in [0.4, 0.5) is 23.2 Å². The average molecular weight is 467 g/mol. The number of alkyl halides is 3. The first kappa shape index (κ1) is 24.1. The lowest BCUT2D eigenvalue weighted by Gasteiger charge is -2.31. The molecule has 33 heavy (non-hydrogen) atoms. The van der Waals surface area contributed by atoms with E-state index >= 15 is 0 Å². The zero-order valence-electron chi connectivity index (χ0n) is 17.1. The summed E-state index contributed by atoms with van der Waals surface area (Å²) in [5.41, 5.74) is 2.90. The summed E-state index contributed by atoms with van der Waals surface area (Å²) in [5, 5.41) is 19.3. The average Bonchev–Trinajstić information content (AvgIpc) is 3.17. The van der Waals surface area contributed by atoms with E-state index in [1.54, 1.807) is 6.07 Å². The number of nitrogens with two attached hydrogens (primary N) is 1. The Morgan fingerprint density at radius 1 is 1.06 bits per heavy atom. The van der Waals surface area contributed by atoms with E-state index in [0.29, 0.717) is 0 Å². The van der Waals surface area contributed by atoms with Crippen molar-refractivity contribution in [1.82, 2.24) is 10.6 Å². The summed E-state index contributed by atoms with van der Waals surface area (Å²) in [6.07, 6.45) is -5.15. The maximum atomic E-state index is 13.5. The molecule has 0 bridgehead atoms. The largest absolute Gasteiger partial charge is 0.420 e. The molecule has 2 amide bonds. The minimum Gasteiger partial charge on any atom is -0.378 e. The van der Waals surface area contributed by atoms with Gasteiger partial charge in [0.25, 0.3) is 5.91 Å². The highest BCUT2D eigenvalue weighted by molar-refractivity contribution is 5.96.